The normalized spacial score (nSPS) is 14.3. The van der Waals surface area contributed by atoms with Crippen LogP contribution in [0.4, 0.5) is 0 Å². The molecule has 0 heterocycles. The monoisotopic (exact) mass is 209 g/mol. The summed E-state index contributed by atoms with van der Waals surface area (Å²) in [6.45, 7) is 1.59. The first-order valence-electron chi connectivity index (χ1n) is 4.68. The summed E-state index contributed by atoms with van der Waals surface area (Å²) in [5.41, 5.74) is 6.61. The summed E-state index contributed by atoms with van der Waals surface area (Å²) in [6, 6.07) is 6.60. The third-order valence-electron chi connectivity index (χ3n) is 2.43. The third-order valence-corrected chi connectivity index (χ3v) is 2.43. The van der Waals surface area contributed by atoms with Gasteiger partial charge in [-0.05, 0) is 17.7 Å². The maximum absolute atomic E-state index is 10.7. The molecule has 82 valence electrons. The first-order valence-corrected chi connectivity index (χ1v) is 4.68. The molecule has 0 aromatic heterocycles. The second-order valence-electron chi connectivity index (χ2n) is 3.43. The average molecular weight is 209 g/mol. The summed E-state index contributed by atoms with van der Waals surface area (Å²) in [5, 5.41) is 8.81. The number of ether oxygens (including phenoxy) is 1. The SMILES string of the molecule is COc1ccc(C(N)C(C)C(=O)O)cc1. The summed E-state index contributed by atoms with van der Waals surface area (Å²) >= 11 is 0. The van der Waals surface area contributed by atoms with E-state index in [2.05, 4.69) is 0 Å². The van der Waals surface area contributed by atoms with Gasteiger partial charge in [-0.3, -0.25) is 4.79 Å². The Labute approximate surface area is 88.7 Å². The molecular weight excluding hydrogens is 194 g/mol. The van der Waals surface area contributed by atoms with Gasteiger partial charge in [0.25, 0.3) is 0 Å². The molecule has 0 fully saturated rings. The molecule has 0 saturated carbocycles. The fourth-order valence-electron chi connectivity index (χ4n) is 1.27. The van der Waals surface area contributed by atoms with Gasteiger partial charge in [-0.2, -0.15) is 0 Å². The summed E-state index contributed by atoms with van der Waals surface area (Å²) in [4.78, 5) is 10.7. The van der Waals surface area contributed by atoms with Crippen molar-refractivity contribution in [3.8, 4) is 5.75 Å². The van der Waals surface area contributed by atoms with Gasteiger partial charge in [-0.15, -0.1) is 0 Å². The van der Waals surface area contributed by atoms with Crippen molar-refractivity contribution in [2.45, 2.75) is 13.0 Å². The number of hydrogen-bond donors (Lipinski definition) is 2. The molecule has 15 heavy (non-hydrogen) atoms. The van der Waals surface area contributed by atoms with Crippen LogP contribution in [-0.2, 0) is 4.79 Å². The van der Waals surface area contributed by atoms with Gasteiger partial charge < -0.3 is 15.6 Å². The number of nitrogens with two attached hydrogens (primary N) is 1. The Morgan fingerprint density at radius 2 is 1.93 bits per heavy atom. The van der Waals surface area contributed by atoms with Crippen molar-refractivity contribution in [2.75, 3.05) is 7.11 Å². The fourth-order valence-corrected chi connectivity index (χ4v) is 1.27. The predicted octanol–water partition coefficient (Wildman–Crippen LogP) is 1.42. The van der Waals surface area contributed by atoms with Gasteiger partial charge in [0.15, 0.2) is 0 Å². The Kier molecular flexibility index (Phi) is 3.68. The minimum Gasteiger partial charge on any atom is -0.497 e. The Morgan fingerprint density at radius 3 is 2.33 bits per heavy atom. The van der Waals surface area contributed by atoms with Gasteiger partial charge in [0.05, 0.1) is 13.0 Å². The van der Waals surface area contributed by atoms with Gasteiger partial charge in [-0.1, -0.05) is 19.1 Å². The van der Waals surface area contributed by atoms with E-state index >= 15 is 0 Å². The third kappa shape index (κ3) is 2.70. The van der Waals surface area contributed by atoms with Crippen molar-refractivity contribution in [2.24, 2.45) is 11.7 Å². The second-order valence-corrected chi connectivity index (χ2v) is 3.43. The minimum atomic E-state index is -0.890. The van der Waals surface area contributed by atoms with Crippen molar-refractivity contribution in [3.05, 3.63) is 29.8 Å². The molecule has 2 atom stereocenters. The van der Waals surface area contributed by atoms with E-state index in [0.717, 1.165) is 11.3 Å². The topological polar surface area (TPSA) is 72.5 Å². The van der Waals surface area contributed by atoms with E-state index in [1.807, 2.05) is 0 Å². The van der Waals surface area contributed by atoms with E-state index in [-0.39, 0.29) is 0 Å². The van der Waals surface area contributed by atoms with E-state index in [0.29, 0.717) is 0 Å². The number of methoxy groups -OCH3 is 1. The molecule has 1 aromatic rings. The lowest BCUT2D eigenvalue weighted by molar-refractivity contribution is -0.141. The molecule has 1 aromatic carbocycles. The number of benzene rings is 1. The number of aliphatic carboxylic acids is 1. The minimum absolute atomic E-state index is 0.492. The molecule has 2 unspecified atom stereocenters. The van der Waals surface area contributed by atoms with Crippen LogP contribution in [0.5, 0.6) is 5.75 Å². The highest BCUT2D eigenvalue weighted by Crippen LogP contribution is 2.21. The van der Waals surface area contributed by atoms with Crippen molar-refractivity contribution < 1.29 is 14.6 Å². The van der Waals surface area contributed by atoms with Crippen LogP contribution in [0, 0.1) is 5.92 Å². The summed E-state index contributed by atoms with van der Waals surface area (Å²) in [5.74, 6) is -0.759. The van der Waals surface area contributed by atoms with Crippen molar-refractivity contribution in [1.82, 2.24) is 0 Å². The molecule has 1 rings (SSSR count). The molecule has 4 heteroatoms. The van der Waals surface area contributed by atoms with Crippen LogP contribution in [0.25, 0.3) is 0 Å². The predicted molar refractivity (Wildman–Crippen MR) is 56.7 cm³/mol. The zero-order chi connectivity index (χ0) is 11.4. The molecule has 0 spiro atoms. The van der Waals surface area contributed by atoms with Crippen LogP contribution >= 0.6 is 0 Å². The Hall–Kier alpha value is -1.55. The molecule has 3 N–H and O–H groups in total. The van der Waals surface area contributed by atoms with Crippen LogP contribution in [0.2, 0.25) is 0 Å². The van der Waals surface area contributed by atoms with Crippen LogP contribution in [0.1, 0.15) is 18.5 Å². The average Bonchev–Trinajstić information content (AvgIpc) is 2.27. The molecular formula is C11H15NO3. The zero-order valence-corrected chi connectivity index (χ0v) is 8.81. The molecule has 0 aliphatic rings. The van der Waals surface area contributed by atoms with E-state index in [1.54, 1.807) is 38.3 Å². The first-order chi connectivity index (χ1) is 7.06. The largest absolute Gasteiger partial charge is 0.497 e. The lowest BCUT2D eigenvalue weighted by Gasteiger charge is -2.16. The molecule has 0 aliphatic carbocycles. The molecule has 0 saturated heterocycles. The molecule has 0 radical (unpaired) electrons. The highest BCUT2D eigenvalue weighted by molar-refractivity contribution is 5.70. The Bertz CT molecular complexity index is 334. The fraction of sp³-hybridized carbons (Fsp3) is 0.364. The highest BCUT2D eigenvalue weighted by atomic mass is 16.5. The van der Waals surface area contributed by atoms with Crippen molar-refractivity contribution >= 4 is 5.97 Å². The summed E-state index contributed by atoms with van der Waals surface area (Å²) in [7, 11) is 1.58. The molecule has 4 nitrogen and oxygen atoms in total. The Morgan fingerprint density at radius 1 is 1.40 bits per heavy atom. The number of carbonyl (C=O) groups is 1. The number of carboxylic acids is 1. The summed E-state index contributed by atoms with van der Waals surface area (Å²) < 4.78 is 5.00. The number of rotatable bonds is 4. The van der Waals surface area contributed by atoms with Crippen molar-refractivity contribution in [3.63, 3.8) is 0 Å². The van der Waals surface area contributed by atoms with Crippen LogP contribution in [0.15, 0.2) is 24.3 Å². The second kappa shape index (κ2) is 4.79. The van der Waals surface area contributed by atoms with E-state index in [4.69, 9.17) is 15.6 Å². The zero-order valence-electron chi connectivity index (χ0n) is 8.81. The quantitative estimate of drug-likeness (QED) is 0.786. The molecule has 0 aliphatic heterocycles. The first kappa shape index (κ1) is 11.5. The van der Waals surface area contributed by atoms with E-state index in [1.165, 1.54) is 0 Å². The molecule has 0 amide bonds. The number of hydrogen-bond acceptors (Lipinski definition) is 3. The van der Waals surface area contributed by atoms with Crippen LogP contribution < -0.4 is 10.5 Å². The van der Waals surface area contributed by atoms with Gasteiger partial charge >= 0.3 is 5.97 Å². The number of carboxylic acid groups (broad SMARTS) is 1. The van der Waals surface area contributed by atoms with E-state index in [9.17, 15) is 4.79 Å². The lowest BCUT2D eigenvalue weighted by Crippen LogP contribution is -2.25. The van der Waals surface area contributed by atoms with Gasteiger partial charge in [0, 0.05) is 6.04 Å². The van der Waals surface area contributed by atoms with Crippen LogP contribution in [-0.4, -0.2) is 18.2 Å². The smallest absolute Gasteiger partial charge is 0.308 e. The van der Waals surface area contributed by atoms with Gasteiger partial charge in [0.2, 0.25) is 0 Å². The van der Waals surface area contributed by atoms with Gasteiger partial charge in [0.1, 0.15) is 5.75 Å². The van der Waals surface area contributed by atoms with Crippen LogP contribution in [0.3, 0.4) is 0 Å². The highest BCUT2D eigenvalue weighted by Gasteiger charge is 2.21. The summed E-state index contributed by atoms with van der Waals surface area (Å²) in [6.07, 6.45) is 0. The molecule has 0 bridgehead atoms. The lowest BCUT2D eigenvalue weighted by atomic mass is 9.95. The van der Waals surface area contributed by atoms with E-state index < -0.39 is 17.9 Å². The maximum atomic E-state index is 10.7. The maximum Gasteiger partial charge on any atom is 0.308 e. The van der Waals surface area contributed by atoms with Gasteiger partial charge in [-0.25, -0.2) is 0 Å². The standard InChI is InChI=1S/C11H15NO3/c1-7(11(13)14)10(12)8-3-5-9(15-2)6-4-8/h3-7,10H,12H2,1-2H3,(H,13,14). The Balaban J connectivity index is 2.82. The van der Waals surface area contributed by atoms with Crippen molar-refractivity contribution in [1.29, 1.82) is 0 Å².